The second kappa shape index (κ2) is 5.47. The van der Waals surface area contributed by atoms with Crippen LogP contribution in [0.3, 0.4) is 0 Å². The Balaban J connectivity index is 1.53. The highest BCUT2D eigenvalue weighted by Crippen LogP contribution is 2.37. The molecule has 0 aromatic heterocycles. The molecule has 1 heterocycles. The maximum atomic E-state index is 10.5. The van der Waals surface area contributed by atoms with Gasteiger partial charge < -0.3 is 10.0 Å². The lowest BCUT2D eigenvalue weighted by molar-refractivity contribution is 0.0166. The number of fused-ring (bicyclic) bond motifs is 1. The van der Waals surface area contributed by atoms with Crippen molar-refractivity contribution in [1.82, 2.24) is 4.90 Å². The van der Waals surface area contributed by atoms with Crippen LogP contribution < -0.4 is 0 Å². The van der Waals surface area contributed by atoms with Crippen LogP contribution in [0.15, 0.2) is 29.2 Å². The summed E-state index contributed by atoms with van der Waals surface area (Å²) in [7, 11) is 2.15. The molecule has 1 aromatic carbocycles. The van der Waals surface area contributed by atoms with Crippen LogP contribution in [0, 0.1) is 0 Å². The van der Waals surface area contributed by atoms with Crippen molar-refractivity contribution in [3.8, 4) is 0 Å². The summed E-state index contributed by atoms with van der Waals surface area (Å²) in [5.74, 6) is 0. The summed E-state index contributed by atoms with van der Waals surface area (Å²) in [5.41, 5.74) is 1.08. The summed E-state index contributed by atoms with van der Waals surface area (Å²) in [5, 5.41) is 11.1. The van der Waals surface area contributed by atoms with E-state index in [9.17, 15) is 5.11 Å². The van der Waals surface area contributed by atoms with Crippen LogP contribution in [0.25, 0.3) is 0 Å². The van der Waals surface area contributed by atoms with Crippen molar-refractivity contribution in [3.63, 3.8) is 0 Å². The zero-order valence-electron chi connectivity index (χ0n) is 11.6. The lowest BCUT2D eigenvalue weighted by atomic mass is 10.0. The summed E-state index contributed by atoms with van der Waals surface area (Å²) in [6.45, 7) is 1.90. The van der Waals surface area contributed by atoms with Crippen LogP contribution in [0.5, 0.6) is 0 Å². The number of rotatable bonds is 4. The van der Waals surface area contributed by atoms with Gasteiger partial charge in [0.15, 0.2) is 0 Å². The molecule has 3 rings (SSSR count). The van der Waals surface area contributed by atoms with Gasteiger partial charge in [-0.2, -0.15) is 0 Å². The molecule has 1 aromatic rings. The SMILES string of the molecule is CN(CC1Cc2ccccc2S1)CC1(O)CCCC1. The number of nitrogens with zero attached hydrogens (tertiary/aromatic N) is 1. The van der Waals surface area contributed by atoms with Crippen molar-refractivity contribution in [2.75, 3.05) is 20.1 Å². The van der Waals surface area contributed by atoms with E-state index < -0.39 is 5.60 Å². The minimum absolute atomic E-state index is 0.412. The summed E-state index contributed by atoms with van der Waals surface area (Å²) in [6.07, 6.45) is 5.51. The van der Waals surface area contributed by atoms with E-state index in [2.05, 4.69) is 36.2 Å². The van der Waals surface area contributed by atoms with Gasteiger partial charge in [0.2, 0.25) is 0 Å². The fourth-order valence-corrected chi connectivity index (χ4v) is 4.87. The molecule has 1 unspecified atom stereocenters. The molecular formula is C16H23NOS. The maximum absolute atomic E-state index is 10.5. The van der Waals surface area contributed by atoms with Crippen LogP contribution >= 0.6 is 11.8 Å². The first-order chi connectivity index (χ1) is 9.15. The molecule has 19 heavy (non-hydrogen) atoms. The zero-order valence-corrected chi connectivity index (χ0v) is 12.5. The molecule has 0 spiro atoms. The number of likely N-dealkylation sites (N-methyl/N-ethyl adjacent to an activating group) is 1. The molecule has 0 saturated heterocycles. The first-order valence-electron chi connectivity index (χ1n) is 7.30. The highest BCUT2D eigenvalue weighted by Gasteiger charge is 2.33. The minimum atomic E-state index is -0.412. The summed E-state index contributed by atoms with van der Waals surface area (Å²) < 4.78 is 0. The van der Waals surface area contributed by atoms with Crippen molar-refractivity contribution in [3.05, 3.63) is 29.8 Å². The Morgan fingerprint density at radius 3 is 2.79 bits per heavy atom. The van der Waals surface area contributed by atoms with Crippen LogP contribution in [0.2, 0.25) is 0 Å². The van der Waals surface area contributed by atoms with E-state index in [4.69, 9.17) is 0 Å². The van der Waals surface area contributed by atoms with Crippen molar-refractivity contribution < 1.29 is 5.11 Å². The van der Waals surface area contributed by atoms with Gasteiger partial charge in [-0.05, 0) is 37.9 Å². The summed E-state index contributed by atoms with van der Waals surface area (Å²) in [4.78, 5) is 3.77. The predicted octanol–water partition coefficient (Wildman–Crippen LogP) is 2.94. The predicted molar refractivity (Wildman–Crippen MR) is 80.7 cm³/mol. The molecule has 3 heteroatoms. The van der Waals surface area contributed by atoms with Gasteiger partial charge in [0, 0.05) is 23.2 Å². The number of thioether (sulfide) groups is 1. The highest BCUT2D eigenvalue weighted by molar-refractivity contribution is 8.00. The molecule has 0 bridgehead atoms. The van der Waals surface area contributed by atoms with Gasteiger partial charge >= 0.3 is 0 Å². The average Bonchev–Trinajstić information content (AvgIpc) is 2.94. The molecule has 0 radical (unpaired) electrons. The van der Waals surface area contributed by atoms with E-state index in [1.165, 1.54) is 29.7 Å². The molecule has 1 N–H and O–H groups in total. The third-order valence-electron chi connectivity index (χ3n) is 4.33. The van der Waals surface area contributed by atoms with Gasteiger partial charge in [-0.25, -0.2) is 0 Å². The first kappa shape index (κ1) is 13.5. The smallest absolute Gasteiger partial charge is 0.0774 e. The molecule has 2 nitrogen and oxygen atoms in total. The molecule has 1 saturated carbocycles. The third-order valence-corrected chi connectivity index (χ3v) is 5.63. The van der Waals surface area contributed by atoms with Gasteiger partial charge in [-0.15, -0.1) is 11.8 Å². The second-order valence-electron chi connectivity index (χ2n) is 6.18. The Bertz CT molecular complexity index is 417. The molecule has 104 valence electrons. The Morgan fingerprint density at radius 1 is 1.32 bits per heavy atom. The fraction of sp³-hybridized carbons (Fsp3) is 0.625. The van der Waals surface area contributed by atoms with Crippen molar-refractivity contribution >= 4 is 11.8 Å². The summed E-state index contributed by atoms with van der Waals surface area (Å²) >= 11 is 2.00. The van der Waals surface area contributed by atoms with E-state index >= 15 is 0 Å². The molecule has 0 amide bonds. The number of benzene rings is 1. The van der Waals surface area contributed by atoms with Gasteiger partial charge in [0.05, 0.1) is 5.60 Å². The third kappa shape index (κ3) is 3.15. The van der Waals surface area contributed by atoms with E-state index in [0.29, 0.717) is 5.25 Å². The monoisotopic (exact) mass is 277 g/mol. The Morgan fingerprint density at radius 2 is 2.05 bits per heavy atom. The topological polar surface area (TPSA) is 23.5 Å². The number of aliphatic hydroxyl groups is 1. The highest BCUT2D eigenvalue weighted by atomic mass is 32.2. The standard InChI is InChI=1S/C16H23NOS/c1-17(12-16(18)8-4-5-9-16)11-14-10-13-6-2-3-7-15(13)19-14/h2-3,6-7,14,18H,4-5,8-12H2,1H3. The molecular weight excluding hydrogens is 254 g/mol. The largest absolute Gasteiger partial charge is 0.389 e. The molecule has 1 aliphatic carbocycles. The van der Waals surface area contributed by atoms with Gasteiger partial charge in [-0.1, -0.05) is 31.0 Å². The van der Waals surface area contributed by atoms with Crippen LogP contribution in [0.1, 0.15) is 31.2 Å². The van der Waals surface area contributed by atoms with Crippen LogP contribution in [0.4, 0.5) is 0 Å². The second-order valence-corrected chi connectivity index (χ2v) is 7.52. The Kier molecular flexibility index (Phi) is 3.88. The lowest BCUT2D eigenvalue weighted by Crippen LogP contribution is -2.41. The van der Waals surface area contributed by atoms with E-state index in [0.717, 1.165) is 25.9 Å². The summed E-state index contributed by atoms with van der Waals surface area (Å²) in [6, 6.07) is 8.73. The fourth-order valence-electron chi connectivity index (χ4n) is 3.46. The molecule has 1 aliphatic heterocycles. The normalized spacial score (nSPS) is 24.9. The quantitative estimate of drug-likeness (QED) is 0.915. The van der Waals surface area contributed by atoms with Crippen LogP contribution in [-0.2, 0) is 6.42 Å². The first-order valence-corrected chi connectivity index (χ1v) is 8.18. The van der Waals surface area contributed by atoms with E-state index in [-0.39, 0.29) is 0 Å². The Labute approximate surface area is 120 Å². The number of hydrogen-bond acceptors (Lipinski definition) is 3. The maximum Gasteiger partial charge on any atom is 0.0774 e. The van der Waals surface area contributed by atoms with Crippen molar-refractivity contribution in [2.24, 2.45) is 0 Å². The Hall–Kier alpha value is -0.510. The van der Waals surface area contributed by atoms with Gasteiger partial charge in [-0.3, -0.25) is 0 Å². The van der Waals surface area contributed by atoms with Crippen LogP contribution in [-0.4, -0.2) is 41.0 Å². The van der Waals surface area contributed by atoms with E-state index in [1.807, 2.05) is 11.8 Å². The average molecular weight is 277 g/mol. The number of hydrogen-bond donors (Lipinski definition) is 1. The van der Waals surface area contributed by atoms with Crippen molar-refractivity contribution in [2.45, 2.75) is 47.9 Å². The minimum Gasteiger partial charge on any atom is -0.389 e. The van der Waals surface area contributed by atoms with Gasteiger partial charge in [0.25, 0.3) is 0 Å². The van der Waals surface area contributed by atoms with Gasteiger partial charge in [0.1, 0.15) is 0 Å². The lowest BCUT2D eigenvalue weighted by Gasteiger charge is -2.29. The molecule has 1 atom stereocenters. The van der Waals surface area contributed by atoms with Crippen molar-refractivity contribution in [1.29, 1.82) is 0 Å². The molecule has 1 fully saturated rings. The van der Waals surface area contributed by atoms with E-state index in [1.54, 1.807) is 0 Å². The zero-order chi connectivity index (χ0) is 13.3. The molecule has 2 aliphatic rings.